The van der Waals surface area contributed by atoms with Crippen molar-refractivity contribution in [1.29, 1.82) is 0 Å². The van der Waals surface area contributed by atoms with Crippen molar-refractivity contribution in [2.45, 2.75) is 0 Å². The Labute approximate surface area is 137 Å². The van der Waals surface area contributed by atoms with Crippen LogP contribution in [0.5, 0.6) is 5.75 Å². The average Bonchev–Trinajstić information content (AvgIpc) is 2.85. The number of methoxy groups -OCH3 is 1. The second-order valence-corrected chi connectivity index (χ2v) is 7.81. The van der Waals surface area contributed by atoms with Crippen LogP contribution in [0.15, 0.2) is 30.3 Å². The van der Waals surface area contributed by atoms with Gasteiger partial charge in [0.05, 0.1) is 28.3 Å². The van der Waals surface area contributed by atoms with Crippen molar-refractivity contribution in [3.8, 4) is 5.75 Å². The summed E-state index contributed by atoms with van der Waals surface area (Å²) in [5.41, 5.74) is 0.771. The van der Waals surface area contributed by atoms with E-state index in [0.29, 0.717) is 26.3 Å². The number of carbonyl (C=O) groups is 1. The third kappa shape index (κ3) is 4.36. The van der Waals surface area contributed by atoms with Gasteiger partial charge in [-0.1, -0.05) is 11.6 Å². The van der Waals surface area contributed by atoms with Crippen molar-refractivity contribution in [3.63, 3.8) is 0 Å². The smallest absolute Gasteiger partial charge is 0.265 e. The molecule has 0 unspecified atom stereocenters. The Kier molecular flexibility index (Phi) is 4.94. The van der Waals surface area contributed by atoms with Gasteiger partial charge in [0, 0.05) is 11.8 Å². The summed E-state index contributed by atoms with van der Waals surface area (Å²) in [5, 5.41) is 2.69. The Bertz CT molecular complexity index is 802. The number of amides is 1. The first-order chi connectivity index (χ1) is 10.3. The second kappa shape index (κ2) is 6.55. The summed E-state index contributed by atoms with van der Waals surface area (Å²) < 4.78 is 30.5. The molecule has 0 saturated heterocycles. The van der Waals surface area contributed by atoms with E-state index in [1.54, 1.807) is 18.2 Å². The molecular weight excluding hydrogens is 348 g/mol. The molecule has 1 aromatic heterocycles. The normalized spacial score (nSPS) is 11.0. The summed E-state index contributed by atoms with van der Waals surface area (Å²) in [6, 6.07) is 7.88. The van der Waals surface area contributed by atoms with E-state index < -0.39 is 10.0 Å². The van der Waals surface area contributed by atoms with Crippen LogP contribution in [0.1, 0.15) is 9.67 Å². The minimum absolute atomic E-state index is 0.294. The van der Waals surface area contributed by atoms with Gasteiger partial charge in [0.15, 0.2) is 0 Å². The Hall–Kier alpha value is -1.77. The lowest BCUT2D eigenvalue weighted by atomic mass is 10.2. The SMILES string of the molecule is COc1cc(NC(=O)c2ccc(Cl)s2)ccc1NS(C)(=O)=O. The van der Waals surface area contributed by atoms with E-state index in [0.717, 1.165) is 6.26 Å². The van der Waals surface area contributed by atoms with Crippen LogP contribution in [0.3, 0.4) is 0 Å². The third-order valence-electron chi connectivity index (χ3n) is 2.55. The zero-order valence-corrected chi connectivity index (χ0v) is 14.1. The molecule has 1 heterocycles. The summed E-state index contributed by atoms with van der Waals surface area (Å²) in [6.45, 7) is 0. The average molecular weight is 361 g/mol. The molecule has 0 atom stereocenters. The first-order valence-corrected chi connectivity index (χ1v) is 9.09. The zero-order valence-electron chi connectivity index (χ0n) is 11.7. The molecule has 0 radical (unpaired) electrons. The molecule has 2 rings (SSSR count). The highest BCUT2D eigenvalue weighted by Gasteiger charge is 2.12. The fourth-order valence-electron chi connectivity index (χ4n) is 1.68. The molecular formula is C13H13ClN2O4S2. The van der Waals surface area contributed by atoms with Gasteiger partial charge in [-0.05, 0) is 24.3 Å². The van der Waals surface area contributed by atoms with Gasteiger partial charge in [-0.25, -0.2) is 8.42 Å². The van der Waals surface area contributed by atoms with Gasteiger partial charge in [0.25, 0.3) is 5.91 Å². The summed E-state index contributed by atoms with van der Waals surface area (Å²) in [7, 11) is -2.01. The number of rotatable bonds is 5. The van der Waals surface area contributed by atoms with E-state index in [-0.39, 0.29) is 5.91 Å². The summed E-state index contributed by atoms with van der Waals surface area (Å²) >= 11 is 6.96. The zero-order chi connectivity index (χ0) is 16.3. The molecule has 22 heavy (non-hydrogen) atoms. The first-order valence-electron chi connectivity index (χ1n) is 6.01. The number of hydrogen-bond acceptors (Lipinski definition) is 5. The number of halogens is 1. The van der Waals surface area contributed by atoms with Crippen molar-refractivity contribution >= 4 is 50.2 Å². The second-order valence-electron chi connectivity index (χ2n) is 4.35. The van der Waals surface area contributed by atoms with E-state index in [2.05, 4.69) is 10.0 Å². The highest BCUT2D eigenvalue weighted by Crippen LogP contribution is 2.29. The number of nitrogens with one attached hydrogen (secondary N) is 2. The standard InChI is InChI=1S/C13H13ClN2O4S2/c1-20-10-7-8(3-4-9(10)16-22(2,18)19)15-13(17)11-5-6-12(14)21-11/h3-7,16H,1-2H3,(H,15,17). The van der Waals surface area contributed by atoms with E-state index >= 15 is 0 Å². The van der Waals surface area contributed by atoms with Crippen molar-refractivity contribution < 1.29 is 17.9 Å². The minimum atomic E-state index is -3.42. The molecule has 0 aliphatic carbocycles. The van der Waals surface area contributed by atoms with Gasteiger partial charge in [-0.3, -0.25) is 9.52 Å². The quantitative estimate of drug-likeness (QED) is 0.858. The number of hydrogen-bond donors (Lipinski definition) is 2. The van der Waals surface area contributed by atoms with Crippen LogP contribution in [0, 0.1) is 0 Å². The number of carbonyl (C=O) groups excluding carboxylic acids is 1. The number of benzene rings is 1. The monoisotopic (exact) mass is 360 g/mol. The van der Waals surface area contributed by atoms with Crippen LogP contribution in [0.4, 0.5) is 11.4 Å². The maximum Gasteiger partial charge on any atom is 0.265 e. The Morgan fingerprint density at radius 3 is 2.55 bits per heavy atom. The lowest BCUT2D eigenvalue weighted by Crippen LogP contribution is -2.12. The predicted octanol–water partition coefficient (Wildman–Crippen LogP) is 3.03. The molecule has 0 aliphatic heterocycles. The van der Waals surface area contributed by atoms with Gasteiger partial charge < -0.3 is 10.1 Å². The molecule has 2 N–H and O–H groups in total. The molecule has 1 amide bonds. The lowest BCUT2D eigenvalue weighted by Gasteiger charge is -2.12. The van der Waals surface area contributed by atoms with Crippen LogP contribution in [-0.2, 0) is 10.0 Å². The number of ether oxygens (including phenoxy) is 1. The van der Waals surface area contributed by atoms with Crippen LogP contribution in [0.25, 0.3) is 0 Å². The van der Waals surface area contributed by atoms with Crippen molar-refractivity contribution in [1.82, 2.24) is 0 Å². The maximum atomic E-state index is 12.0. The largest absolute Gasteiger partial charge is 0.494 e. The molecule has 0 aliphatic rings. The molecule has 1 aromatic carbocycles. The van der Waals surface area contributed by atoms with Gasteiger partial charge in [0.1, 0.15) is 5.75 Å². The summed E-state index contributed by atoms with van der Waals surface area (Å²) in [4.78, 5) is 12.5. The van der Waals surface area contributed by atoms with Gasteiger partial charge in [-0.2, -0.15) is 0 Å². The molecule has 6 nitrogen and oxygen atoms in total. The molecule has 9 heteroatoms. The Morgan fingerprint density at radius 2 is 2.00 bits per heavy atom. The molecule has 0 saturated carbocycles. The minimum Gasteiger partial charge on any atom is -0.494 e. The van der Waals surface area contributed by atoms with Crippen molar-refractivity contribution in [3.05, 3.63) is 39.5 Å². The Balaban J connectivity index is 2.21. The summed E-state index contributed by atoms with van der Waals surface area (Å²) in [6.07, 6.45) is 1.04. The maximum absolute atomic E-state index is 12.0. The van der Waals surface area contributed by atoms with Crippen molar-refractivity contribution in [2.24, 2.45) is 0 Å². The Morgan fingerprint density at radius 1 is 1.27 bits per heavy atom. The molecule has 0 fully saturated rings. The highest BCUT2D eigenvalue weighted by atomic mass is 35.5. The van der Waals surface area contributed by atoms with Crippen LogP contribution in [0.2, 0.25) is 4.34 Å². The summed E-state index contributed by atoms with van der Waals surface area (Å²) in [5.74, 6) is -0.00443. The van der Waals surface area contributed by atoms with Crippen molar-refractivity contribution in [2.75, 3.05) is 23.4 Å². The fourth-order valence-corrected chi connectivity index (χ4v) is 3.19. The number of sulfonamides is 1. The van der Waals surface area contributed by atoms with Crippen LogP contribution in [-0.4, -0.2) is 27.7 Å². The number of anilines is 2. The van der Waals surface area contributed by atoms with E-state index in [1.807, 2.05) is 0 Å². The molecule has 2 aromatic rings. The number of thiophene rings is 1. The first kappa shape index (κ1) is 16.6. The predicted molar refractivity (Wildman–Crippen MR) is 88.7 cm³/mol. The van der Waals surface area contributed by atoms with Gasteiger partial charge >= 0.3 is 0 Å². The molecule has 118 valence electrons. The lowest BCUT2D eigenvalue weighted by molar-refractivity contribution is 0.103. The molecule has 0 bridgehead atoms. The van der Waals surface area contributed by atoms with E-state index in [9.17, 15) is 13.2 Å². The van der Waals surface area contributed by atoms with Crippen LogP contribution < -0.4 is 14.8 Å². The molecule has 0 spiro atoms. The third-order valence-corrected chi connectivity index (χ3v) is 4.37. The van der Waals surface area contributed by atoms with Crippen LogP contribution >= 0.6 is 22.9 Å². The fraction of sp³-hybridized carbons (Fsp3) is 0.154. The van der Waals surface area contributed by atoms with Gasteiger partial charge in [0.2, 0.25) is 10.0 Å². The topological polar surface area (TPSA) is 84.5 Å². The van der Waals surface area contributed by atoms with Gasteiger partial charge in [-0.15, -0.1) is 11.3 Å². The highest BCUT2D eigenvalue weighted by molar-refractivity contribution is 7.92. The van der Waals surface area contributed by atoms with E-state index in [1.165, 1.54) is 30.6 Å². The van der Waals surface area contributed by atoms with E-state index in [4.69, 9.17) is 16.3 Å².